The molecule has 0 spiro atoms. The predicted molar refractivity (Wildman–Crippen MR) is 92.8 cm³/mol. The van der Waals surface area contributed by atoms with E-state index in [9.17, 15) is 4.79 Å². The van der Waals surface area contributed by atoms with E-state index < -0.39 is 12.5 Å². The molecule has 0 bridgehead atoms. The number of hydrogen-bond donors (Lipinski definition) is 3. The molecule has 24 heavy (non-hydrogen) atoms. The largest absolute Gasteiger partial charge is 0.480 e. The molecular weight excluding hydrogens is 304 g/mol. The highest BCUT2D eigenvalue weighted by atomic mass is 16.4. The lowest BCUT2D eigenvalue weighted by molar-refractivity contribution is -0.135. The van der Waals surface area contributed by atoms with Crippen molar-refractivity contribution in [1.29, 1.82) is 0 Å². The number of rotatable bonds is 4. The fourth-order valence-electron chi connectivity index (χ4n) is 1.82. The molecule has 0 saturated carbocycles. The second-order valence-electron chi connectivity index (χ2n) is 4.74. The molecular formula is C18H16N4O2. The van der Waals surface area contributed by atoms with Gasteiger partial charge in [0.15, 0.2) is 0 Å². The highest BCUT2D eigenvalue weighted by molar-refractivity contribution is 6.08. The van der Waals surface area contributed by atoms with Crippen molar-refractivity contribution in [3.05, 3.63) is 71.6 Å². The maximum atomic E-state index is 10.7. The van der Waals surface area contributed by atoms with Crippen LogP contribution in [-0.2, 0) is 4.79 Å². The fraction of sp³-hybridized carbons (Fsp3) is 0.0556. The zero-order valence-corrected chi connectivity index (χ0v) is 12.8. The zero-order valence-electron chi connectivity index (χ0n) is 12.8. The van der Waals surface area contributed by atoms with Crippen molar-refractivity contribution in [2.45, 2.75) is 0 Å². The molecule has 0 aliphatic carbocycles. The Labute approximate surface area is 139 Å². The van der Waals surface area contributed by atoms with E-state index in [1.165, 1.54) is 0 Å². The summed E-state index contributed by atoms with van der Waals surface area (Å²) < 4.78 is 0. The van der Waals surface area contributed by atoms with E-state index in [2.05, 4.69) is 21.8 Å². The maximum absolute atomic E-state index is 10.7. The van der Waals surface area contributed by atoms with Crippen LogP contribution in [0.5, 0.6) is 0 Å². The third-order valence-corrected chi connectivity index (χ3v) is 2.99. The van der Waals surface area contributed by atoms with Crippen molar-refractivity contribution in [3.8, 4) is 11.8 Å². The molecule has 0 fully saturated rings. The number of aliphatic carboxylic acids is 1. The van der Waals surface area contributed by atoms with E-state index in [0.717, 1.165) is 5.56 Å². The van der Waals surface area contributed by atoms with Crippen molar-refractivity contribution in [1.82, 2.24) is 4.98 Å². The van der Waals surface area contributed by atoms with Crippen molar-refractivity contribution >= 4 is 17.5 Å². The minimum absolute atomic E-state index is 0.0258. The average Bonchev–Trinajstić information content (AvgIpc) is 2.61. The summed E-state index contributed by atoms with van der Waals surface area (Å²) in [7, 11) is 0. The molecule has 2 aromatic rings. The van der Waals surface area contributed by atoms with Crippen LogP contribution in [0, 0.1) is 11.8 Å². The predicted octanol–water partition coefficient (Wildman–Crippen LogP) is 1.24. The maximum Gasteiger partial charge on any atom is 0.325 e. The van der Waals surface area contributed by atoms with E-state index in [1.54, 1.807) is 24.5 Å². The first-order valence-corrected chi connectivity index (χ1v) is 7.07. The summed E-state index contributed by atoms with van der Waals surface area (Å²) in [6, 6.07) is 12.8. The van der Waals surface area contributed by atoms with Gasteiger partial charge in [-0.25, -0.2) is 0 Å². The van der Waals surface area contributed by atoms with Gasteiger partial charge in [0.05, 0.1) is 11.3 Å². The molecule has 0 radical (unpaired) electrons. The summed E-state index contributed by atoms with van der Waals surface area (Å²) in [6.45, 7) is -0.456. The summed E-state index contributed by atoms with van der Waals surface area (Å²) >= 11 is 0. The average molecular weight is 320 g/mol. The van der Waals surface area contributed by atoms with Crippen molar-refractivity contribution in [2.75, 3.05) is 6.54 Å². The van der Waals surface area contributed by atoms with Crippen LogP contribution in [0.2, 0.25) is 0 Å². The van der Waals surface area contributed by atoms with Crippen LogP contribution in [0.15, 0.2) is 65.4 Å². The van der Waals surface area contributed by atoms with Gasteiger partial charge in [0.25, 0.3) is 0 Å². The number of benzene rings is 1. The quantitative estimate of drug-likeness (QED) is 0.445. The number of carbonyl (C=O) groups is 1. The van der Waals surface area contributed by atoms with Gasteiger partial charge in [-0.2, -0.15) is 0 Å². The highest BCUT2D eigenvalue weighted by Gasteiger charge is 2.09. The molecule has 0 aliphatic heterocycles. The zero-order chi connectivity index (χ0) is 17.4. The van der Waals surface area contributed by atoms with Gasteiger partial charge in [-0.1, -0.05) is 30.0 Å². The highest BCUT2D eigenvalue weighted by Crippen LogP contribution is 2.12. The lowest BCUT2D eigenvalue weighted by Gasteiger charge is -2.06. The Kier molecular flexibility index (Phi) is 5.70. The third-order valence-electron chi connectivity index (χ3n) is 2.99. The van der Waals surface area contributed by atoms with Gasteiger partial charge in [-0.3, -0.25) is 14.8 Å². The first kappa shape index (κ1) is 16.8. The lowest BCUT2D eigenvalue weighted by Crippen LogP contribution is -2.20. The van der Waals surface area contributed by atoms with Gasteiger partial charge in [-0.05, 0) is 24.3 Å². The smallest absolute Gasteiger partial charge is 0.325 e. The molecule has 1 heterocycles. The Balaban J connectivity index is 2.48. The van der Waals surface area contributed by atoms with Crippen LogP contribution in [0.3, 0.4) is 0 Å². The van der Waals surface area contributed by atoms with Gasteiger partial charge in [0, 0.05) is 23.5 Å². The minimum atomic E-state index is -1.09. The number of carboxylic acid groups (broad SMARTS) is 1. The molecule has 0 atom stereocenters. The molecule has 2 rings (SSSR count). The number of amidine groups is 1. The Morgan fingerprint density at radius 1 is 1.17 bits per heavy atom. The van der Waals surface area contributed by atoms with Gasteiger partial charge >= 0.3 is 5.97 Å². The number of pyridine rings is 1. The van der Waals surface area contributed by atoms with Crippen molar-refractivity contribution in [2.24, 2.45) is 16.5 Å². The molecule has 6 heteroatoms. The third kappa shape index (κ3) is 4.71. The Morgan fingerprint density at radius 3 is 2.54 bits per heavy atom. The number of carboxylic acids is 1. The van der Waals surface area contributed by atoms with Crippen molar-refractivity contribution < 1.29 is 9.90 Å². The number of nitrogens with zero attached hydrogens (tertiary/aromatic N) is 2. The van der Waals surface area contributed by atoms with Gasteiger partial charge < -0.3 is 16.6 Å². The summed E-state index contributed by atoms with van der Waals surface area (Å²) in [5.74, 6) is 4.72. The van der Waals surface area contributed by atoms with Gasteiger partial charge in [0.1, 0.15) is 12.4 Å². The lowest BCUT2D eigenvalue weighted by atomic mass is 10.1. The second kappa shape index (κ2) is 8.15. The van der Waals surface area contributed by atoms with E-state index >= 15 is 0 Å². The molecule has 5 N–H and O–H groups in total. The topological polar surface area (TPSA) is 115 Å². The summed E-state index contributed by atoms with van der Waals surface area (Å²) in [6.07, 6.45) is 3.19. The molecule has 0 aliphatic rings. The number of nitrogens with two attached hydrogens (primary N) is 2. The number of aliphatic imine (C=N–C) groups is 1. The standard InChI is InChI=1S/C18H16N4O2/c19-17(14-7-4-10-21-11-14)15(18(20)22-12-16(23)24)9-8-13-5-2-1-3-6-13/h1-7,10-11H,12,19H2,(H2,20,22)(H,23,24). The normalized spacial score (nSPS) is 11.9. The van der Waals surface area contributed by atoms with Crippen LogP contribution in [0.4, 0.5) is 0 Å². The van der Waals surface area contributed by atoms with Crippen LogP contribution in [0.25, 0.3) is 5.70 Å². The summed E-state index contributed by atoms with van der Waals surface area (Å²) in [5.41, 5.74) is 14.0. The van der Waals surface area contributed by atoms with Gasteiger partial charge in [0.2, 0.25) is 0 Å². The van der Waals surface area contributed by atoms with Crippen LogP contribution in [-0.4, -0.2) is 28.4 Å². The molecule has 1 aromatic carbocycles. The van der Waals surface area contributed by atoms with E-state index in [4.69, 9.17) is 16.6 Å². The number of hydrogen-bond acceptors (Lipinski definition) is 4. The molecule has 0 saturated heterocycles. The molecule has 0 unspecified atom stereocenters. The Morgan fingerprint density at radius 2 is 1.92 bits per heavy atom. The van der Waals surface area contributed by atoms with E-state index in [1.807, 2.05) is 30.3 Å². The van der Waals surface area contributed by atoms with Crippen molar-refractivity contribution in [3.63, 3.8) is 0 Å². The molecule has 120 valence electrons. The second-order valence-corrected chi connectivity index (χ2v) is 4.74. The molecule has 0 amide bonds. The molecule has 1 aromatic heterocycles. The van der Waals surface area contributed by atoms with Crippen LogP contribution < -0.4 is 11.5 Å². The van der Waals surface area contributed by atoms with E-state index in [-0.39, 0.29) is 17.1 Å². The summed E-state index contributed by atoms with van der Waals surface area (Å²) in [5, 5.41) is 8.75. The Hall–Kier alpha value is -3.59. The SMILES string of the molecule is NC(=NCC(=O)O)C(C#Cc1ccccc1)=C(N)c1cccnc1. The van der Waals surface area contributed by atoms with Gasteiger partial charge in [-0.15, -0.1) is 0 Å². The monoisotopic (exact) mass is 320 g/mol. The summed E-state index contributed by atoms with van der Waals surface area (Å²) in [4.78, 5) is 18.5. The fourth-order valence-corrected chi connectivity index (χ4v) is 1.82. The molecule has 6 nitrogen and oxygen atoms in total. The first-order chi connectivity index (χ1) is 11.6. The minimum Gasteiger partial charge on any atom is -0.480 e. The van der Waals surface area contributed by atoms with E-state index in [0.29, 0.717) is 5.56 Å². The van der Waals surface area contributed by atoms with Crippen LogP contribution >= 0.6 is 0 Å². The first-order valence-electron chi connectivity index (χ1n) is 7.07. The number of aromatic nitrogens is 1. The van der Waals surface area contributed by atoms with Crippen LogP contribution in [0.1, 0.15) is 11.1 Å². The Bertz CT molecular complexity index is 832.